The van der Waals surface area contributed by atoms with Crippen molar-refractivity contribution in [3.8, 4) is 0 Å². The predicted molar refractivity (Wildman–Crippen MR) is 78.2 cm³/mol. The number of anilines is 1. The number of fused-ring (bicyclic) bond motifs is 1. The van der Waals surface area contributed by atoms with Crippen molar-refractivity contribution in [1.82, 2.24) is 10.3 Å². The summed E-state index contributed by atoms with van der Waals surface area (Å²) < 4.78 is 4.50. The van der Waals surface area contributed by atoms with E-state index in [0.717, 1.165) is 28.6 Å². The van der Waals surface area contributed by atoms with Gasteiger partial charge in [-0.15, -0.1) is 0 Å². The monoisotopic (exact) mass is 263 g/mol. The predicted octanol–water partition coefficient (Wildman–Crippen LogP) is 2.67. The van der Waals surface area contributed by atoms with Crippen LogP contribution in [0.2, 0.25) is 0 Å². The third-order valence-electron chi connectivity index (χ3n) is 2.68. The number of hydrogen-bond donors (Lipinski definition) is 3. The maximum Gasteiger partial charge on any atom is 0.406 e. The van der Waals surface area contributed by atoms with Crippen LogP contribution in [-0.2, 0) is 11.2 Å². The van der Waals surface area contributed by atoms with Crippen molar-refractivity contribution in [2.45, 2.75) is 20.3 Å². The molecule has 0 saturated heterocycles. The van der Waals surface area contributed by atoms with Gasteiger partial charge in [-0.1, -0.05) is 26.0 Å². The molecule has 5 heteroatoms. The van der Waals surface area contributed by atoms with Crippen LogP contribution < -0.4 is 11.1 Å². The first-order valence-electron chi connectivity index (χ1n) is 6.38. The molecule has 1 aromatic carbocycles. The maximum atomic E-state index is 10.9. The molecule has 0 unspecified atom stereocenters. The van der Waals surface area contributed by atoms with Crippen LogP contribution in [-0.4, -0.2) is 24.7 Å². The first-order valence-corrected chi connectivity index (χ1v) is 6.38. The van der Waals surface area contributed by atoms with Gasteiger partial charge in [0.05, 0.1) is 18.3 Å². The normalized spacial score (nSPS) is 9.63. The van der Waals surface area contributed by atoms with E-state index < -0.39 is 6.09 Å². The van der Waals surface area contributed by atoms with Crippen LogP contribution in [0, 0.1) is 0 Å². The van der Waals surface area contributed by atoms with Crippen LogP contribution >= 0.6 is 0 Å². The Morgan fingerprint density at radius 2 is 2.16 bits per heavy atom. The number of carbonyl (C=O) groups is 1. The number of H-pyrrole nitrogens is 1. The summed E-state index contributed by atoms with van der Waals surface area (Å²) in [6.07, 6.45) is 2.24. The van der Waals surface area contributed by atoms with E-state index in [1.165, 1.54) is 7.11 Å². The van der Waals surface area contributed by atoms with E-state index >= 15 is 0 Å². The minimum Gasteiger partial charge on any atom is -0.453 e. The maximum absolute atomic E-state index is 10.9. The number of nitrogen functional groups attached to an aromatic ring is 1. The Hall–Kier alpha value is -2.17. The summed E-state index contributed by atoms with van der Waals surface area (Å²) in [4.78, 5) is 14.0. The number of methoxy groups -OCH3 is 1. The Kier molecular flexibility index (Phi) is 5.73. The minimum absolute atomic E-state index is 0.413. The van der Waals surface area contributed by atoms with Gasteiger partial charge < -0.3 is 20.8 Å². The quantitative estimate of drug-likeness (QED) is 0.745. The lowest BCUT2D eigenvalue weighted by Gasteiger charge is -2.03. The van der Waals surface area contributed by atoms with Crippen LogP contribution in [0.25, 0.3) is 10.9 Å². The molecule has 0 aliphatic rings. The molecule has 0 atom stereocenters. The van der Waals surface area contributed by atoms with E-state index in [2.05, 4.69) is 15.0 Å². The summed E-state index contributed by atoms with van der Waals surface area (Å²) in [5, 5.41) is 3.74. The van der Waals surface area contributed by atoms with E-state index in [1.54, 1.807) is 0 Å². The van der Waals surface area contributed by atoms with E-state index in [4.69, 9.17) is 5.73 Å². The Morgan fingerprint density at radius 3 is 2.84 bits per heavy atom. The standard InChI is InChI=1S/C12H15N3O2.C2H6/c1-17-12(16)14-6-5-8-7-15-11-9(8)3-2-4-10(11)13;1-2/h2-4,7,15H,5-6,13H2,1H3,(H,14,16);1-2H3. The molecular formula is C14H21N3O2. The van der Waals surface area contributed by atoms with Gasteiger partial charge in [0.2, 0.25) is 0 Å². The lowest BCUT2D eigenvalue weighted by Crippen LogP contribution is -2.25. The number of alkyl carbamates (subject to hydrolysis) is 1. The SMILES string of the molecule is CC.COC(=O)NCCc1c[nH]c2c(N)cccc12. The Morgan fingerprint density at radius 1 is 1.42 bits per heavy atom. The summed E-state index contributed by atoms with van der Waals surface area (Å²) in [7, 11) is 1.35. The van der Waals surface area contributed by atoms with Crippen molar-refractivity contribution in [3.63, 3.8) is 0 Å². The third-order valence-corrected chi connectivity index (χ3v) is 2.68. The molecule has 0 fully saturated rings. The van der Waals surface area contributed by atoms with Crippen molar-refractivity contribution < 1.29 is 9.53 Å². The highest BCUT2D eigenvalue weighted by atomic mass is 16.5. The van der Waals surface area contributed by atoms with Crippen molar-refractivity contribution in [2.75, 3.05) is 19.4 Å². The molecule has 0 saturated carbocycles. The molecule has 4 N–H and O–H groups in total. The van der Waals surface area contributed by atoms with Gasteiger partial charge in [-0.3, -0.25) is 0 Å². The molecule has 0 aliphatic heterocycles. The summed E-state index contributed by atoms with van der Waals surface area (Å²) >= 11 is 0. The van der Waals surface area contributed by atoms with Crippen molar-refractivity contribution in [1.29, 1.82) is 0 Å². The zero-order valence-electron chi connectivity index (χ0n) is 11.6. The average molecular weight is 263 g/mol. The zero-order chi connectivity index (χ0) is 14.3. The Bertz CT molecular complexity index is 534. The fraction of sp³-hybridized carbons (Fsp3) is 0.357. The molecule has 0 aliphatic carbocycles. The van der Waals surface area contributed by atoms with E-state index in [-0.39, 0.29) is 0 Å². The number of benzene rings is 1. The number of ether oxygens (including phenoxy) is 1. The van der Waals surface area contributed by atoms with Gasteiger partial charge in [0.1, 0.15) is 0 Å². The number of rotatable bonds is 3. The molecule has 0 bridgehead atoms. The number of carbonyl (C=O) groups excluding carboxylic acids is 1. The van der Waals surface area contributed by atoms with Crippen LogP contribution in [0.5, 0.6) is 0 Å². The molecule has 1 heterocycles. The summed E-state index contributed by atoms with van der Waals surface area (Å²) in [5.74, 6) is 0. The summed E-state index contributed by atoms with van der Waals surface area (Å²) in [6, 6.07) is 5.79. The lowest BCUT2D eigenvalue weighted by molar-refractivity contribution is 0.171. The molecule has 1 aromatic heterocycles. The Labute approximate surface area is 113 Å². The Balaban J connectivity index is 0.000000861. The topological polar surface area (TPSA) is 80.1 Å². The summed E-state index contributed by atoms with van der Waals surface area (Å²) in [6.45, 7) is 4.54. The van der Waals surface area contributed by atoms with Gasteiger partial charge >= 0.3 is 6.09 Å². The highest BCUT2D eigenvalue weighted by Gasteiger charge is 2.06. The molecule has 2 aromatic rings. The van der Waals surface area contributed by atoms with Crippen LogP contribution in [0.4, 0.5) is 10.5 Å². The van der Waals surface area contributed by atoms with Crippen LogP contribution in [0.1, 0.15) is 19.4 Å². The molecule has 0 radical (unpaired) electrons. The second-order valence-electron chi connectivity index (χ2n) is 3.75. The molecule has 1 amide bonds. The second-order valence-corrected chi connectivity index (χ2v) is 3.75. The largest absolute Gasteiger partial charge is 0.453 e. The number of hydrogen-bond acceptors (Lipinski definition) is 3. The first kappa shape index (κ1) is 14.9. The van der Waals surface area contributed by atoms with Crippen molar-refractivity contribution in [3.05, 3.63) is 30.0 Å². The number of aromatic amines is 1. The lowest BCUT2D eigenvalue weighted by atomic mass is 10.1. The fourth-order valence-electron chi connectivity index (χ4n) is 1.81. The third kappa shape index (κ3) is 3.64. The number of para-hydroxylation sites is 1. The van der Waals surface area contributed by atoms with Crippen molar-refractivity contribution in [2.24, 2.45) is 0 Å². The van der Waals surface area contributed by atoms with Gasteiger partial charge in [-0.25, -0.2) is 4.79 Å². The van der Waals surface area contributed by atoms with Crippen LogP contribution in [0.3, 0.4) is 0 Å². The molecular weight excluding hydrogens is 242 g/mol. The van der Waals surface area contributed by atoms with Crippen molar-refractivity contribution >= 4 is 22.7 Å². The molecule has 5 nitrogen and oxygen atoms in total. The van der Waals surface area contributed by atoms with Crippen LogP contribution in [0.15, 0.2) is 24.4 Å². The van der Waals surface area contributed by atoms with Gasteiger partial charge in [0, 0.05) is 18.1 Å². The van der Waals surface area contributed by atoms with Gasteiger partial charge in [-0.2, -0.15) is 0 Å². The minimum atomic E-state index is -0.413. The molecule has 104 valence electrons. The van der Waals surface area contributed by atoms with E-state index in [0.29, 0.717) is 6.54 Å². The fourth-order valence-corrected chi connectivity index (χ4v) is 1.81. The molecule has 2 rings (SSSR count). The highest BCUT2D eigenvalue weighted by Crippen LogP contribution is 2.23. The molecule has 19 heavy (non-hydrogen) atoms. The van der Waals surface area contributed by atoms with Gasteiger partial charge in [0.15, 0.2) is 0 Å². The number of aromatic nitrogens is 1. The molecule has 0 spiro atoms. The number of nitrogens with one attached hydrogen (secondary N) is 2. The van der Waals surface area contributed by atoms with Gasteiger partial charge in [0.25, 0.3) is 0 Å². The average Bonchev–Trinajstić information content (AvgIpc) is 2.86. The smallest absolute Gasteiger partial charge is 0.406 e. The highest BCUT2D eigenvalue weighted by molar-refractivity contribution is 5.92. The number of nitrogens with two attached hydrogens (primary N) is 1. The number of amides is 1. The second kappa shape index (κ2) is 7.31. The van der Waals surface area contributed by atoms with E-state index in [9.17, 15) is 4.79 Å². The van der Waals surface area contributed by atoms with Gasteiger partial charge in [-0.05, 0) is 18.1 Å². The summed E-state index contributed by atoms with van der Waals surface area (Å²) in [5.41, 5.74) is 8.65. The first-order chi connectivity index (χ1) is 9.22. The van der Waals surface area contributed by atoms with E-state index in [1.807, 2.05) is 38.2 Å². The zero-order valence-corrected chi connectivity index (χ0v) is 11.6.